The van der Waals surface area contributed by atoms with Crippen LogP contribution < -0.4 is 11.1 Å². The van der Waals surface area contributed by atoms with Gasteiger partial charge in [0.05, 0.1) is 26.8 Å². The first-order valence-corrected chi connectivity index (χ1v) is 8.26. The molecule has 9 heteroatoms. The molecule has 25 heavy (non-hydrogen) atoms. The van der Waals surface area contributed by atoms with E-state index in [-0.39, 0.29) is 34.0 Å². The number of nitrogens with two attached hydrogens (primary N) is 1. The van der Waals surface area contributed by atoms with Crippen LogP contribution in [0.4, 0.5) is 16.0 Å². The fraction of sp³-hybridized carbons (Fsp3) is 0.125. The van der Waals surface area contributed by atoms with Gasteiger partial charge in [0.2, 0.25) is 11.9 Å². The number of nitrogens with zero attached hydrogens (tertiary/aromatic N) is 2. The van der Waals surface area contributed by atoms with Gasteiger partial charge in [0, 0.05) is 10.6 Å². The Bertz CT molecular complexity index is 980. The molecule has 1 heterocycles. The van der Waals surface area contributed by atoms with Crippen LogP contribution in [0.2, 0.25) is 15.1 Å². The van der Waals surface area contributed by atoms with Gasteiger partial charge < -0.3 is 15.6 Å². The molecule has 0 saturated carbocycles. The number of halogens is 4. The molecular formula is C16H12Cl3FN4O. The third-order valence-electron chi connectivity index (χ3n) is 3.71. The van der Waals surface area contributed by atoms with Crippen molar-refractivity contribution in [3.63, 3.8) is 0 Å². The minimum Gasteiger partial charge on any atom is -0.369 e. The molecule has 0 spiro atoms. The van der Waals surface area contributed by atoms with Crippen LogP contribution in [0.1, 0.15) is 5.56 Å². The van der Waals surface area contributed by atoms with Crippen molar-refractivity contribution in [3.8, 4) is 0 Å². The van der Waals surface area contributed by atoms with E-state index < -0.39 is 5.91 Å². The number of hydrogen-bond acceptors (Lipinski definition) is 3. The Hall–Kier alpha value is -2.02. The summed E-state index contributed by atoms with van der Waals surface area (Å²) in [6.07, 6.45) is 0. The number of fused-ring (bicyclic) bond motifs is 1. The second kappa shape index (κ2) is 6.71. The molecule has 1 amide bonds. The van der Waals surface area contributed by atoms with Gasteiger partial charge in [-0.25, -0.2) is 9.37 Å². The molecular weight excluding hydrogens is 390 g/mol. The van der Waals surface area contributed by atoms with Crippen molar-refractivity contribution >= 4 is 63.4 Å². The highest BCUT2D eigenvalue weighted by molar-refractivity contribution is 6.42. The fourth-order valence-corrected chi connectivity index (χ4v) is 3.38. The molecule has 0 bridgehead atoms. The minimum atomic E-state index is -0.417. The van der Waals surface area contributed by atoms with Crippen LogP contribution in [-0.2, 0) is 11.3 Å². The second-order valence-electron chi connectivity index (χ2n) is 5.39. The first-order chi connectivity index (χ1) is 11.8. The zero-order valence-electron chi connectivity index (χ0n) is 12.9. The largest absolute Gasteiger partial charge is 0.369 e. The monoisotopic (exact) mass is 400 g/mol. The van der Waals surface area contributed by atoms with Crippen LogP contribution in [0.15, 0.2) is 24.3 Å². The molecule has 0 unspecified atom stereocenters. The minimum absolute atomic E-state index is 0.104. The van der Waals surface area contributed by atoms with Gasteiger partial charge in [0.25, 0.3) is 0 Å². The van der Waals surface area contributed by atoms with Gasteiger partial charge in [-0.2, -0.15) is 0 Å². The van der Waals surface area contributed by atoms with Gasteiger partial charge in [0.15, 0.2) is 0 Å². The Morgan fingerprint density at radius 3 is 2.56 bits per heavy atom. The van der Waals surface area contributed by atoms with Gasteiger partial charge >= 0.3 is 0 Å². The Morgan fingerprint density at radius 2 is 1.92 bits per heavy atom. The number of aromatic nitrogens is 2. The van der Waals surface area contributed by atoms with Gasteiger partial charge in [0.1, 0.15) is 12.4 Å². The highest BCUT2D eigenvalue weighted by atomic mass is 35.5. The molecule has 0 aliphatic heterocycles. The van der Waals surface area contributed by atoms with Crippen molar-refractivity contribution < 1.29 is 9.18 Å². The van der Waals surface area contributed by atoms with Crippen molar-refractivity contribution in [1.29, 1.82) is 0 Å². The van der Waals surface area contributed by atoms with E-state index in [2.05, 4.69) is 10.3 Å². The van der Waals surface area contributed by atoms with Gasteiger partial charge in [-0.3, -0.25) is 4.79 Å². The Balaban J connectivity index is 1.91. The van der Waals surface area contributed by atoms with E-state index in [9.17, 15) is 9.18 Å². The summed E-state index contributed by atoms with van der Waals surface area (Å²) < 4.78 is 15.1. The van der Waals surface area contributed by atoms with E-state index >= 15 is 0 Å². The first kappa shape index (κ1) is 17.8. The molecule has 3 N–H and O–H groups in total. The lowest BCUT2D eigenvalue weighted by Gasteiger charge is -2.11. The molecule has 5 nitrogen and oxygen atoms in total. The first-order valence-electron chi connectivity index (χ1n) is 7.13. The van der Waals surface area contributed by atoms with Gasteiger partial charge in [-0.05, 0) is 31.2 Å². The number of carbonyl (C=O) groups is 1. The van der Waals surface area contributed by atoms with E-state index in [4.69, 9.17) is 40.5 Å². The number of imidazole rings is 1. The molecule has 0 radical (unpaired) electrons. The van der Waals surface area contributed by atoms with E-state index in [1.165, 1.54) is 28.8 Å². The molecule has 0 atom stereocenters. The Kier molecular flexibility index (Phi) is 4.77. The van der Waals surface area contributed by atoms with Crippen LogP contribution in [0.5, 0.6) is 0 Å². The predicted octanol–water partition coefficient (Wildman–Crippen LogP) is 4.66. The van der Waals surface area contributed by atoms with Crippen molar-refractivity contribution in [3.05, 3.63) is 50.7 Å². The zero-order valence-corrected chi connectivity index (χ0v) is 15.2. The van der Waals surface area contributed by atoms with Gasteiger partial charge in [-0.1, -0.05) is 34.8 Å². The smallest absolute Gasteiger partial charge is 0.244 e. The Morgan fingerprint density at radius 1 is 1.28 bits per heavy atom. The van der Waals surface area contributed by atoms with Crippen LogP contribution in [-0.4, -0.2) is 15.5 Å². The lowest BCUT2D eigenvalue weighted by molar-refractivity contribution is -0.116. The maximum atomic E-state index is 13.7. The number of nitrogen functional groups attached to an aromatic ring is 1. The average molecular weight is 402 g/mol. The SMILES string of the molecule is Cc1c(F)ccc2c1nc(N)n2CC(=O)Nc1c(Cl)cc(Cl)cc1Cl. The predicted molar refractivity (Wildman–Crippen MR) is 98.9 cm³/mol. The van der Waals surface area contributed by atoms with Crippen LogP contribution in [0.25, 0.3) is 11.0 Å². The zero-order chi connectivity index (χ0) is 18.3. The highest BCUT2D eigenvalue weighted by Gasteiger charge is 2.17. The van der Waals surface area contributed by atoms with Crippen molar-refractivity contribution in [2.24, 2.45) is 0 Å². The second-order valence-corrected chi connectivity index (χ2v) is 6.64. The molecule has 3 aromatic rings. The summed E-state index contributed by atoms with van der Waals surface area (Å²) in [5.41, 5.74) is 7.46. The number of carbonyl (C=O) groups excluding carboxylic acids is 1. The molecule has 0 aliphatic rings. The third kappa shape index (κ3) is 3.38. The summed E-state index contributed by atoms with van der Waals surface area (Å²) in [6.45, 7) is 1.46. The average Bonchev–Trinajstić information content (AvgIpc) is 2.84. The molecule has 130 valence electrons. The summed E-state index contributed by atoms with van der Waals surface area (Å²) in [6, 6.07) is 5.77. The number of nitrogens with one attached hydrogen (secondary N) is 1. The molecule has 3 rings (SSSR count). The third-order valence-corrected chi connectivity index (χ3v) is 4.52. The van der Waals surface area contributed by atoms with E-state index in [0.29, 0.717) is 21.6 Å². The van der Waals surface area contributed by atoms with Crippen LogP contribution >= 0.6 is 34.8 Å². The highest BCUT2D eigenvalue weighted by Crippen LogP contribution is 2.33. The lowest BCUT2D eigenvalue weighted by Crippen LogP contribution is -2.20. The maximum Gasteiger partial charge on any atom is 0.244 e. The number of rotatable bonds is 3. The number of anilines is 2. The fourth-order valence-electron chi connectivity index (χ4n) is 2.47. The maximum absolute atomic E-state index is 13.7. The van der Waals surface area contributed by atoms with E-state index in [1.807, 2.05) is 0 Å². The van der Waals surface area contributed by atoms with Crippen molar-refractivity contribution in [2.45, 2.75) is 13.5 Å². The summed E-state index contributed by atoms with van der Waals surface area (Å²) in [4.78, 5) is 16.5. The normalized spacial score (nSPS) is 11.1. The topological polar surface area (TPSA) is 72.9 Å². The molecule has 0 aliphatic carbocycles. The van der Waals surface area contributed by atoms with Gasteiger partial charge in [-0.15, -0.1) is 0 Å². The van der Waals surface area contributed by atoms with Crippen LogP contribution in [0.3, 0.4) is 0 Å². The molecule has 0 fully saturated rings. The standard InChI is InChI=1S/C16H12Cl3FN4O/c1-7-11(20)2-3-12-14(7)23-16(21)24(12)6-13(25)22-15-9(18)4-8(17)5-10(15)19/h2-5H,6H2,1H3,(H2,21,23)(H,22,25). The summed E-state index contributed by atoms with van der Waals surface area (Å²) in [5, 5.41) is 3.41. The quantitative estimate of drug-likeness (QED) is 0.670. The summed E-state index contributed by atoms with van der Waals surface area (Å²) >= 11 is 18.0. The van der Waals surface area contributed by atoms with E-state index in [0.717, 1.165) is 0 Å². The Labute approximate surface area is 157 Å². The molecule has 0 saturated heterocycles. The molecule has 1 aromatic heterocycles. The number of benzene rings is 2. The number of hydrogen-bond donors (Lipinski definition) is 2. The molecule has 2 aromatic carbocycles. The number of aryl methyl sites for hydroxylation is 1. The van der Waals surface area contributed by atoms with Crippen LogP contribution in [0, 0.1) is 12.7 Å². The van der Waals surface area contributed by atoms with Crippen molar-refractivity contribution in [1.82, 2.24) is 9.55 Å². The van der Waals surface area contributed by atoms with Crippen molar-refractivity contribution in [2.75, 3.05) is 11.1 Å². The lowest BCUT2D eigenvalue weighted by atomic mass is 10.2. The van der Waals surface area contributed by atoms with E-state index in [1.54, 1.807) is 6.92 Å². The summed E-state index contributed by atoms with van der Waals surface area (Å²) in [5.74, 6) is -0.701. The number of amides is 1. The summed E-state index contributed by atoms with van der Waals surface area (Å²) in [7, 11) is 0.